The molecule has 0 spiro atoms. The van der Waals surface area contributed by atoms with Crippen LogP contribution in [0.4, 0.5) is 13.6 Å². The van der Waals surface area contributed by atoms with Gasteiger partial charge in [0.15, 0.2) is 0 Å². The number of halogens is 2. The van der Waals surface area contributed by atoms with E-state index in [1.165, 1.54) is 12.1 Å². The van der Waals surface area contributed by atoms with Crippen LogP contribution in [0.15, 0.2) is 30.4 Å². The lowest BCUT2D eigenvalue weighted by Gasteiger charge is -2.19. The number of carbonyl (C=O) groups excluding carboxylic acids is 1. The van der Waals surface area contributed by atoms with Crippen molar-refractivity contribution in [3.8, 4) is 0 Å². The van der Waals surface area contributed by atoms with Crippen molar-refractivity contribution in [3.05, 3.63) is 47.5 Å². The first kappa shape index (κ1) is 15.9. The maximum absolute atomic E-state index is 13.9. The molecule has 3 rings (SSSR count). The molecular weight excluding hydrogens is 302 g/mol. The second-order valence-corrected chi connectivity index (χ2v) is 6.40. The average molecular weight is 322 g/mol. The summed E-state index contributed by atoms with van der Waals surface area (Å²) in [6.07, 6.45) is 5.98. The van der Waals surface area contributed by atoms with Crippen molar-refractivity contribution in [2.45, 2.75) is 30.7 Å². The molecule has 0 bridgehead atoms. The smallest absolute Gasteiger partial charge is 0.315 e. The van der Waals surface area contributed by atoms with Crippen LogP contribution in [-0.2, 0) is 5.41 Å². The number of hydrogen-bond donors (Lipinski definition) is 3. The second kappa shape index (κ2) is 6.28. The topological polar surface area (TPSA) is 61.4 Å². The third-order valence-electron chi connectivity index (χ3n) is 4.67. The lowest BCUT2D eigenvalue weighted by Crippen LogP contribution is -2.43. The molecule has 3 N–H and O–H groups in total. The van der Waals surface area contributed by atoms with Crippen molar-refractivity contribution >= 4 is 6.03 Å². The summed E-state index contributed by atoms with van der Waals surface area (Å²) in [5.74, 6) is -1.07. The molecule has 4 nitrogen and oxygen atoms in total. The van der Waals surface area contributed by atoms with Gasteiger partial charge in [-0.15, -0.1) is 0 Å². The molecular formula is C17H20F2N2O2. The molecule has 2 aliphatic rings. The van der Waals surface area contributed by atoms with E-state index in [1.807, 2.05) is 12.2 Å². The Hall–Kier alpha value is -1.95. The Morgan fingerprint density at radius 1 is 1.30 bits per heavy atom. The zero-order valence-corrected chi connectivity index (χ0v) is 12.7. The fraction of sp³-hybridized carbons (Fsp3) is 0.471. The van der Waals surface area contributed by atoms with Crippen molar-refractivity contribution in [2.75, 3.05) is 13.2 Å². The Labute approximate surface area is 133 Å². The predicted molar refractivity (Wildman–Crippen MR) is 81.9 cm³/mol. The molecule has 1 saturated carbocycles. The summed E-state index contributed by atoms with van der Waals surface area (Å²) in [4.78, 5) is 12.0. The van der Waals surface area contributed by atoms with Gasteiger partial charge in [-0.3, -0.25) is 0 Å². The van der Waals surface area contributed by atoms with Crippen LogP contribution in [0.3, 0.4) is 0 Å². The second-order valence-electron chi connectivity index (χ2n) is 6.40. The fourth-order valence-electron chi connectivity index (χ4n) is 3.10. The van der Waals surface area contributed by atoms with E-state index in [0.717, 1.165) is 18.9 Å². The van der Waals surface area contributed by atoms with Crippen LogP contribution in [0.5, 0.6) is 0 Å². The highest BCUT2D eigenvalue weighted by molar-refractivity contribution is 5.74. The molecule has 0 heterocycles. The van der Waals surface area contributed by atoms with Gasteiger partial charge in [-0.05, 0) is 30.9 Å². The van der Waals surface area contributed by atoms with Crippen LogP contribution < -0.4 is 10.6 Å². The average Bonchev–Trinajstić information content (AvgIpc) is 3.16. The Bertz CT molecular complexity index is 629. The normalized spacial score (nSPS) is 24.5. The molecule has 0 saturated heterocycles. The van der Waals surface area contributed by atoms with Crippen LogP contribution >= 0.6 is 0 Å². The molecule has 6 heteroatoms. The number of aliphatic hydroxyl groups is 1. The van der Waals surface area contributed by atoms with E-state index in [1.54, 1.807) is 0 Å². The van der Waals surface area contributed by atoms with Crippen LogP contribution in [0.2, 0.25) is 0 Å². The Morgan fingerprint density at radius 3 is 2.70 bits per heavy atom. The summed E-state index contributed by atoms with van der Waals surface area (Å²) >= 11 is 0. The van der Waals surface area contributed by atoms with Gasteiger partial charge in [-0.2, -0.15) is 0 Å². The standard InChI is InChI=1S/C17H20F2N2O2/c18-12-2-4-14(15(19)8-12)17(5-6-17)10-20-16(23)21-13-3-1-11(7-13)9-22/h1-4,8,11,13,22H,5-7,9-10H2,(H2,20,21,23)/t11-,13+/m0/s1. The van der Waals surface area contributed by atoms with E-state index in [4.69, 9.17) is 5.11 Å². The van der Waals surface area contributed by atoms with Gasteiger partial charge in [0.1, 0.15) is 11.6 Å². The Kier molecular flexibility index (Phi) is 4.35. The minimum atomic E-state index is -0.598. The maximum Gasteiger partial charge on any atom is 0.315 e. The highest BCUT2D eigenvalue weighted by Gasteiger charge is 2.46. The summed E-state index contributed by atoms with van der Waals surface area (Å²) in [7, 11) is 0. The molecule has 1 fully saturated rings. The van der Waals surface area contributed by atoms with Crippen LogP contribution in [-0.4, -0.2) is 30.3 Å². The first-order valence-corrected chi connectivity index (χ1v) is 7.81. The Balaban J connectivity index is 1.54. The minimum Gasteiger partial charge on any atom is -0.396 e. The number of nitrogens with one attached hydrogen (secondary N) is 2. The summed E-state index contributed by atoms with van der Waals surface area (Å²) in [6.45, 7) is 0.393. The molecule has 1 aromatic carbocycles. The quantitative estimate of drug-likeness (QED) is 0.728. The molecule has 0 unspecified atom stereocenters. The molecule has 1 aromatic rings. The van der Waals surface area contributed by atoms with Crippen molar-refractivity contribution in [1.82, 2.24) is 10.6 Å². The van der Waals surface area contributed by atoms with Crippen molar-refractivity contribution < 1.29 is 18.7 Å². The number of urea groups is 1. The number of hydrogen-bond acceptors (Lipinski definition) is 2. The van der Waals surface area contributed by atoms with Gasteiger partial charge >= 0.3 is 6.03 Å². The minimum absolute atomic E-state index is 0.0727. The van der Waals surface area contributed by atoms with Gasteiger partial charge < -0.3 is 15.7 Å². The van der Waals surface area contributed by atoms with Crippen LogP contribution in [0.1, 0.15) is 24.8 Å². The van der Waals surface area contributed by atoms with E-state index in [9.17, 15) is 13.6 Å². The SMILES string of the molecule is O=C(NCC1(c2ccc(F)cc2F)CC1)N[C@@H]1C=C[C@H](CO)C1. The van der Waals surface area contributed by atoms with Gasteiger partial charge in [0, 0.05) is 36.6 Å². The number of benzene rings is 1. The largest absolute Gasteiger partial charge is 0.396 e. The summed E-state index contributed by atoms with van der Waals surface area (Å²) in [5, 5.41) is 14.7. The molecule has 0 aromatic heterocycles. The zero-order chi connectivity index (χ0) is 16.4. The van der Waals surface area contributed by atoms with Gasteiger partial charge in [-0.1, -0.05) is 18.2 Å². The van der Waals surface area contributed by atoms with E-state index in [0.29, 0.717) is 18.5 Å². The van der Waals surface area contributed by atoms with E-state index in [2.05, 4.69) is 10.6 Å². The maximum atomic E-state index is 13.9. The van der Waals surface area contributed by atoms with E-state index >= 15 is 0 Å². The molecule has 2 atom stereocenters. The molecule has 124 valence electrons. The molecule has 2 aliphatic carbocycles. The number of amides is 2. The molecule has 0 aliphatic heterocycles. The first-order valence-electron chi connectivity index (χ1n) is 7.81. The van der Waals surface area contributed by atoms with E-state index in [-0.39, 0.29) is 24.6 Å². The lowest BCUT2D eigenvalue weighted by molar-refractivity contribution is 0.230. The van der Waals surface area contributed by atoms with Crippen molar-refractivity contribution in [3.63, 3.8) is 0 Å². The fourth-order valence-corrected chi connectivity index (χ4v) is 3.10. The third-order valence-corrected chi connectivity index (χ3v) is 4.67. The zero-order valence-electron chi connectivity index (χ0n) is 12.7. The van der Waals surface area contributed by atoms with Crippen molar-refractivity contribution in [1.29, 1.82) is 0 Å². The summed E-state index contributed by atoms with van der Waals surface area (Å²) in [6, 6.07) is 3.19. The number of aliphatic hydroxyl groups excluding tert-OH is 1. The molecule has 23 heavy (non-hydrogen) atoms. The van der Waals surface area contributed by atoms with Crippen LogP contribution in [0.25, 0.3) is 0 Å². The van der Waals surface area contributed by atoms with Gasteiger partial charge in [0.25, 0.3) is 0 Å². The summed E-state index contributed by atoms with van der Waals surface area (Å²) < 4.78 is 26.9. The molecule has 2 amide bonds. The number of carbonyl (C=O) groups is 1. The Morgan fingerprint density at radius 2 is 2.09 bits per heavy atom. The highest BCUT2D eigenvalue weighted by atomic mass is 19.1. The van der Waals surface area contributed by atoms with Gasteiger partial charge in [-0.25, -0.2) is 13.6 Å². The van der Waals surface area contributed by atoms with Gasteiger partial charge in [0.2, 0.25) is 0 Å². The van der Waals surface area contributed by atoms with E-state index < -0.39 is 17.0 Å². The van der Waals surface area contributed by atoms with Crippen LogP contribution in [0, 0.1) is 17.6 Å². The molecule has 0 radical (unpaired) electrons. The predicted octanol–water partition coefficient (Wildman–Crippen LogP) is 2.23. The lowest BCUT2D eigenvalue weighted by atomic mass is 9.95. The van der Waals surface area contributed by atoms with Gasteiger partial charge in [0.05, 0.1) is 0 Å². The van der Waals surface area contributed by atoms with Crippen molar-refractivity contribution in [2.24, 2.45) is 5.92 Å². The third kappa shape index (κ3) is 3.52. The monoisotopic (exact) mass is 322 g/mol. The number of rotatable bonds is 5. The first-order chi connectivity index (χ1) is 11.0. The summed E-state index contributed by atoms with van der Waals surface area (Å²) in [5.41, 5.74) is 0.0363. The highest BCUT2D eigenvalue weighted by Crippen LogP contribution is 2.48.